The van der Waals surface area contributed by atoms with Gasteiger partial charge in [0, 0.05) is 0 Å². The van der Waals surface area contributed by atoms with Gasteiger partial charge in [0.05, 0.1) is 3.26 Å². The first-order chi connectivity index (χ1) is 3.77. The Bertz CT molecular complexity index is 45.8. The van der Waals surface area contributed by atoms with E-state index in [9.17, 15) is 0 Å². The maximum Gasteiger partial charge on any atom is 0.0668 e. The van der Waals surface area contributed by atoms with Crippen LogP contribution in [0.4, 0.5) is 0 Å². The summed E-state index contributed by atoms with van der Waals surface area (Å²) in [7, 11) is 0. The standard InChI is InChI=1S/C6H12IS/c1-2-3-4-5-6(7)8/h6H,2-5H2,1H3. The second-order valence-electron chi connectivity index (χ2n) is 1.91. The molecule has 0 heterocycles. The van der Waals surface area contributed by atoms with Crippen LogP contribution in [-0.4, -0.2) is 3.26 Å². The summed E-state index contributed by atoms with van der Waals surface area (Å²) in [5.74, 6) is 0. The van der Waals surface area contributed by atoms with Crippen molar-refractivity contribution in [3.63, 3.8) is 0 Å². The van der Waals surface area contributed by atoms with Crippen LogP contribution in [0.25, 0.3) is 0 Å². The lowest BCUT2D eigenvalue weighted by molar-refractivity contribution is 0.702. The molecular weight excluding hydrogens is 231 g/mol. The van der Waals surface area contributed by atoms with Gasteiger partial charge in [-0.25, -0.2) is 0 Å². The van der Waals surface area contributed by atoms with E-state index in [1.165, 1.54) is 25.7 Å². The van der Waals surface area contributed by atoms with Crippen LogP contribution in [0.15, 0.2) is 0 Å². The van der Waals surface area contributed by atoms with Crippen molar-refractivity contribution in [3.8, 4) is 0 Å². The highest BCUT2D eigenvalue weighted by molar-refractivity contribution is 14.1. The van der Waals surface area contributed by atoms with Gasteiger partial charge in [0.15, 0.2) is 0 Å². The Labute approximate surface area is 71.0 Å². The van der Waals surface area contributed by atoms with E-state index in [4.69, 9.17) is 12.6 Å². The largest absolute Gasteiger partial charge is 0.0789 e. The van der Waals surface area contributed by atoms with Gasteiger partial charge < -0.3 is 0 Å². The lowest BCUT2D eigenvalue weighted by Crippen LogP contribution is -1.84. The van der Waals surface area contributed by atoms with Crippen LogP contribution >= 0.6 is 35.2 Å². The van der Waals surface area contributed by atoms with Crippen molar-refractivity contribution in [2.75, 3.05) is 0 Å². The van der Waals surface area contributed by atoms with Crippen molar-refractivity contribution in [1.29, 1.82) is 0 Å². The summed E-state index contributed by atoms with van der Waals surface area (Å²) in [6.45, 7) is 2.21. The zero-order valence-corrected chi connectivity index (χ0v) is 8.17. The molecule has 0 aliphatic rings. The van der Waals surface area contributed by atoms with Gasteiger partial charge in [-0.15, -0.1) is 0 Å². The molecule has 2 heteroatoms. The van der Waals surface area contributed by atoms with Crippen LogP contribution in [0.1, 0.15) is 32.6 Å². The molecule has 49 valence electrons. The second kappa shape index (κ2) is 6.20. The Kier molecular flexibility index (Phi) is 7.04. The van der Waals surface area contributed by atoms with Crippen LogP contribution in [0.5, 0.6) is 0 Å². The Balaban J connectivity index is 2.72. The fourth-order valence-electron chi connectivity index (χ4n) is 0.555. The van der Waals surface area contributed by atoms with Gasteiger partial charge in [0.25, 0.3) is 0 Å². The monoisotopic (exact) mass is 243 g/mol. The highest BCUT2D eigenvalue weighted by atomic mass is 127. The molecule has 0 aromatic carbocycles. The van der Waals surface area contributed by atoms with Crippen molar-refractivity contribution in [2.24, 2.45) is 0 Å². The van der Waals surface area contributed by atoms with Gasteiger partial charge in [0.2, 0.25) is 0 Å². The average molecular weight is 243 g/mol. The molecule has 0 aromatic heterocycles. The van der Waals surface area contributed by atoms with Crippen LogP contribution in [0.3, 0.4) is 0 Å². The minimum atomic E-state index is 0.458. The van der Waals surface area contributed by atoms with Gasteiger partial charge in [-0.05, 0) is 6.42 Å². The summed E-state index contributed by atoms with van der Waals surface area (Å²) in [6.07, 6.45) is 5.17. The smallest absolute Gasteiger partial charge is 0.0668 e. The third-order valence-corrected chi connectivity index (χ3v) is 1.89. The van der Waals surface area contributed by atoms with Gasteiger partial charge in [-0.1, -0.05) is 61.4 Å². The van der Waals surface area contributed by atoms with E-state index in [0.717, 1.165) is 0 Å². The molecule has 1 unspecified atom stereocenters. The number of hydrogen-bond donors (Lipinski definition) is 0. The highest BCUT2D eigenvalue weighted by Crippen LogP contribution is 2.13. The molecule has 0 spiro atoms. The number of alkyl halides is 1. The lowest BCUT2D eigenvalue weighted by Gasteiger charge is -1.97. The van der Waals surface area contributed by atoms with E-state index in [1.807, 2.05) is 0 Å². The van der Waals surface area contributed by atoms with E-state index in [-0.39, 0.29) is 0 Å². The summed E-state index contributed by atoms with van der Waals surface area (Å²) in [5.41, 5.74) is 0. The Hall–Kier alpha value is 1.08. The number of unbranched alkanes of at least 4 members (excludes halogenated alkanes) is 2. The van der Waals surface area contributed by atoms with Crippen LogP contribution < -0.4 is 0 Å². The zero-order chi connectivity index (χ0) is 6.41. The lowest BCUT2D eigenvalue weighted by atomic mass is 10.2. The number of rotatable bonds is 4. The zero-order valence-electron chi connectivity index (χ0n) is 5.19. The molecule has 0 N–H and O–H groups in total. The van der Waals surface area contributed by atoms with E-state index in [2.05, 4.69) is 29.5 Å². The summed E-state index contributed by atoms with van der Waals surface area (Å²) in [4.78, 5) is 0. The normalized spacial score (nSPS) is 13.9. The fourth-order valence-corrected chi connectivity index (χ4v) is 1.16. The van der Waals surface area contributed by atoms with Gasteiger partial charge in [-0.3, -0.25) is 0 Å². The predicted octanol–water partition coefficient (Wildman–Crippen LogP) is 3.53. The Morgan fingerprint density at radius 3 is 2.50 bits per heavy atom. The molecule has 0 aromatic rings. The van der Waals surface area contributed by atoms with E-state index in [0.29, 0.717) is 3.26 Å². The van der Waals surface area contributed by atoms with Crippen molar-refractivity contribution in [2.45, 2.75) is 35.9 Å². The molecule has 8 heavy (non-hydrogen) atoms. The number of hydrogen-bond acceptors (Lipinski definition) is 0. The molecule has 0 aliphatic carbocycles. The predicted molar refractivity (Wildman–Crippen MR) is 49.5 cm³/mol. The molecule has 0 amide bonds. The first-order valence-corrected chi connectivity index (χ1v) is 4.79. The topological polar surface area (TPSA) is 0 Å². The maximum atomic E-state index is 4.98. The quantitative estimate of drug-likeness (QED) is 0.402. The summed E-state index contributed by atoms with van der Waals surface area (Å²) >= 11 is 7.28. The molecule has 0 aliphatic heterocycles. The van der Waals surface area contributed by atoms with Crippen molar-refractivity contribution < 1.29 is 0 Å². The number of halogens is 1. The minimum absolute atomic E-state index is 0.458. The van der Waals surface area contributed by atoms with Crippen LogP contribution in [0, 0.1) is 0 Å². The first-order valence-electron chi connectivity index (χ1n) is 3.07. The molecule has 0 rings (SSSR count). The SMILES string of the molecule is CCCCCC([S])I. The van der Waals surface area contributed by atoms with E-state index < -0.39 is 0 Å². The van der Waals surface area contributed by atoms with Crippen LogP contribution in [-0.2, 0) is 0 Å². The summed E-state index contributed by atoms with van der Waals surface area (Å²) in [5, 5.41) is 0. The molecule has 1 radical (unpaired) electrons. The van der Waals surface area contributed by atoms with Crippen molar-refractivity contribution in [3.05, 3.63) is 0 Å². The molecule has 0 nitrogen and oxygen atoms in total. The fraction of sp³-hybridized carbons (Fsp3) is 1.00. The third kappa shape index (κ3) is 7.08. The van der Waals surface area contributed by atoms with Gasteiger partial charge in [0.1, 0.15) is 0 Å². The first kappa shape index (κ1) is 9.08. The summed E-state index contributed by atoms with van der Waals surface area (Å²) < 4.78 is 0.458. The average Bonchev–Trinajstić information content (AvgIpc) is 1.66. The van der Waals surface area contributed by atoms with Crippen LogP contribution in [0.2, 0.25) is 0 Å². The molecule has 0 saturated carbocycles. The highest BCUT2D eigenvalue weighted by Gasteiger charge is 1.94. The third-order valence-electron chi connectivity index (χ3n) is 1.03. The molecule has 0 bridgehead atoms. The molecule has 0 fully saturated rings. The van der Waals surface area contributed by atoms with Gasteiger partial charge in [-0.2, -0.15) is 0 Å². The van der Waals surface area contributed by atoms with Crippen molar-refractivity contribution >= 4 is 35.2 Å². The van der Waals surface area contributed by atoms with Gasteiger partial charge >= 0.3 is 0 Å². The molecule has 1 atom stereocenters. The van der Waals surface area contributed by atoms with Crippen molar-refractivity contribution in [1.82, 2.24) is 0 Å². The minimum Gasteiger partial charge on any atom is -0.0789 e. The second-order valence-corrected chi connectivity index (χ2v) is 4.82. The molecule has 0 saturated heterocycles. The Morgan fingerprint density at radius 1 is 1.50 bits per heavy atom. The van der Waals surface area contributed by atoms with E-state index >= 15 is 0 Å². The Morgan fingerprint density at radius 2 is 2.12 bits per heavy atom. The van der Waals surface area contributed by atoms with E-state index in [1.54, 1.807) is 0 Å². The summed E-state index contributed by atoms with van der Waals surface area (Å²) in [6, 6.07) is 0. The maximum absolute atomic E-state index is 4.98. The molecular formula is C6H12IS.